The molecular weight excluding hydrogens is 226 g/mol. The van der Waals surface area contributed by atoms with Crippen LogP contribution in [0.4, 0.5) is 0 Å². The first-order valence-electron chi connectivity index (χ1n) is 6.29. The summed E-state index contributed by atoms with van der Waals surface area (Å²) in [5, 5.41) is 1.02. The molecule has 1 aromatic heterocycles. The Bertz CT molecular complexity index is 532. The number of carbonyl (C=O) groups excluding carboxylic acids is 1. The third-order valence-electron chi connectivity index (χ3n) is 2.86. The van der Waals surface area contributed by atoms with Crippen LogP contribution in [0.5, 0.6) is 5.75 Å². The van der Waals surface area contributed by atoms with E-state index in [0.717, 1.165) is 23.1 Å². The molecule has 2 aromatic rings. The zero-order chi connectivity index (χ0) is 12.8. The second-order valence-electron chi connectivity index (χ2n) is 4.17. The van der Waals surface area contributed by atoms with Crippen molar-refractivity contribution in [1.82, 2.24) is 4.98 Å². The van der Waals surface area contributed by atoms with E-state index in [1.807, 2.05) is 37.3 Å². The summed E-state index contributed by atoms with van der Waals surface area (Å²) in [5.74, 6) is 1.13. The van der Waals surface area contributed by atoms with Gasteiger partial charge in [0.15, 0.2) is 0 Å². The third kappa shape index (κ3) is 3.06. The van der Waals surface area contributed by atoms with Crippen LogP contribution in [-0.4, -0.2) is 17.4 Å². The van der Waals surface area contributed by atoms with Crippen molar-refractivity contribution in [2.75, 3.05) is 6.61 Å². The maximum atomic E-state index is 11.2. The number of fused-ring (bicyclic) bond motifs is 1. The van der Waals surface area contributed by atoms with Gasteiger partial charge in [-0.3, -0.25) is 9.78 Å². The Hall–Kier alpha value is -1.90. The molecule has 0 aliphatic carbocycles. The Morgan fingerprint density at radius 2 is 2.17 bits per heavy atom. The smallest absolute Gasteiger partial charge is 0.132 e. The summed E-state index contributed by atoms with van der Waals surface area (Å²) in [6.07, 6.45) is 3.74. The highest BCUT2D eigenvalue weighted by Crippen LogP contribution is 2.23. The zero-order valence-electron chi connectivity index (χ0n) is 10.6. The summed E-state index contributed by atoms with van der Waals surface area (Å²) in [7, 11) is 0. The largest absolute Gasteiger partial charge is 0.493 e. The number of Topliss-reactive ketones (excluding diaryl/α,β-unsaturated/α-hetero) is 1. The van der Waals surface area contributed by atoms with Crippen molar-refractivity contribution in [2.24, 2.45) is 0 Å². The van der Waals surface area contributed by atoms with Crippen LogP contribution in [-0.2, 0) is 4.79 Å². The molecule has 0 fully saturated rings. The normalized spacial score (nSPS) is 10.5. The lowest BCUT2D eigenvalue weighted by atomic mass is 10.2. The van der Waals surface area contributed by atoms with E-state index in [2.05, 4.69) is 4.98 Å². The van der Waals surface area contributed by atoms with Gasteiger partial charge in [0.25, 0.3) is 0 Å². The molecule has 0 bridgehead atoms. The van der Waals surface area contributed by atoms with Crippen LogP contribution in [0, 0.1) is 0 Å². The lowest BCUT2D eigenvalue weighted by molar-refractivity contribution is -0.118. The molecule has 94 valence electrons. The molecule has 0 aliphatic heterocycles. The van der Waals surface area contributed by atoms with Gasteiger partial charge in [-0.05, 0) is 30.7 Å². The predicted octanol–water partition coefficient (Wildman–Crippen LogP) is 3.37. The molecule has 0 radical (unpaired) electrons. The summed E-state index contributed by atoms with van der Waals surface area (Å²) in [5.41, 5.74) is 0.930. The van der Waals surface area contributed by atoms with Crippen LogP contribution in [0.3, 0.4) is 0 Å². The lowest BCUT2D eigenvalue weighted by Gasteiger charge is -2.08. The van der Waals surface area contributed by atoms with E-state index in [9.17, 15) is 4.79 Å². The molecule has 0 atom stereocenters. The van der Waals surface area contributed by atoms with E-state index in [4.69, 9.17) is 4.74 Å². The van der Waals surface area contributed by atoms with Crippen LogP contribution >= 0.6 is 0 Å². The van der Waals surface area contributed by atoms with Gasteiger partial charge < -0.3 is 4.74 Å². The van der Waals surface area contributed by atoms with Gasteiger partial charge in [-0.2, -0.15) is 0 Å². The van der Waals surface area contributed by atoms with E-state index in [1.165, 1.54) is 0 Å². The van der Waals surface area contributed by atoms with Crippen molar-refractivity contribution in [2.45, 2.75) is 26.2 Å². The number of hydrogen-bond acceptors (Lipinski definition) is 3. The zero-order valence-corrected chi connectivity index (χ0v) is 10.6. The molecule has 0 spiro atoms. The minimum absolute atomic E-state index is 0.290. The SMILES string of the molecule is CCC(=O)CCCOc1cccc2ncccc12. The van der Waals surface area contributed by atoms with E-state index in [0.29, 0.717) is 19.4 Å². The number of rotatable bonds is 6. The van der Waals surface area contributed by atoms with Crippen molar-refractivity contribution in [1.29, 1.82) is 0 Å². The maximum absolute atomic E-state index is 11.2. The molecule has 18 heavy (non-hydrogen) atoms. The number of nitrogens with zero attached hydrogens (tertiary/aromatic N) is 1. The van der Waals surface area contributed by atoms with Crippen molar-refractivity contribution >= 4 is 16.7 Å². The van der Waals surface area contributed by atoms with Crippen molar-refractivity contribution in [3.63, 3.8) is 0 Å². The highest BCUT2D eigenvalue weighted by molar-refractivity contribution is 5.84. The molecule has 2 rings (SSSR count). The van der Waals surface area contributed by atoms with Crippen LogP contribution in [0.25, 0.3) is 10.9 Å². The number of ether oxygens (including phenoxy) is 1. The van der Waals surface area contributed by atoms with E-state index < -0.39 is 0 Å². The molecule has 0 unspecified atom stereocenters. The summed E-state index contributed by atoms with van der Waals surface area (Å²) >= 11 is 0. The van der Waals surface area contributed by atoms with E-state index in [-0.39, 0.29) is 5.78 Å². The summed E-state index contributed by atoms with van der Waals surface area (Å²) in [6.45, 7) is 2.46. The molecule has 0 N–H and O–H groups in total. The van der Waals surface area contributed by atoms with Crippen LogP contribution < -0.4 is 4.74 Å². The number of carbonyl (C=O) groups is 1. The van der Waals surface area contributed by atoms with Gasteiger partial charge in [0.1, 0.15) is 11.5 Å². The van der Waals surface area contributed by atoms with E-state index >= 15 is 0 Å². The number of hydrogen-bond donors (Lipinski definition) is 0. The molecule has 0 aliphatic rings. The van der Waals surface area contributed by atoms with Crippen LogP contribution in [0.1, 0.15) is 26.2 Å². The maximum Gasteiger partial charge on any atom is 0.132 e. The molecule has 0 saturated heterocycles. The predicted molar refractivity (Wildman–Crippen MR) is 71.8 cm³/mol. The first kappa shape index (κ1) is 12.6. The van der Waals surface area contributed by atoms with Gasteiger partial charge in [0.05, 0.1) is 12.1 Å². The van der Waals surface area contributed by atoms with Gasteiger partial charge in [-0.25, -0.2) is 0 Å². The topological polar surface area (TPSA) is 39.2 Å². The van der Waals surface area contributed by atoms with Gasteiger partial charge in [0, 0.05) is 24.4 Å². The van der Waals surface area contributed by atoms with Crippen LogP contribution in [0.2, 0.25) is 0 Å². The summed E-state index contributed by atoms with van der Waals surface area (Å²) in [6, 6.07) is 9.72. The average molecular weight is 243 g/mol. The van der Waals surface area contributed by atoms with Crippen molar-refractivity contribution < 1.29 is 9.53 Å². The summed E-state index contributed by atoms with van der Waals surface area (Å²) < 4.78 is 5.72. The van der Waals surface area contributed by atoms with Gasteiger partial charge in [-0.15, -0.1) is 0 Å². The van der Waals surface area contributed by atoms with Crippen molar-refractivity contribution in [3.8, 4) is 5.75 Å². The van der Waals surface area contributed by atoms with E-state index in [1.54, 1.807) is 6.20 Å². The molecular formula is C15H17NO2. The number of aromatic nitrogens is 1. The molecule has 3 heteroatoms. The molecule has 1 aromatic carbocycles. The standard InChI is InChI=1S/C15H17NO2/c1-2-12(17)6-5-11-18-15-9-3-8-14-13(15)7-4-10-16-14/h3-4,7-10H,2,5-6,11H2,1H3. The highest BCUT2D eigenvalue weighted by atomic mass is 16.5. The Labute approximate surface area is 107 Å². The minimum Gasteiger partial charge on any atom is -0.493 e. The number of benzene rings is 1. The number of pyridine rings is 1. The Morgan fingerprint density at radius 1 is 1.28 bits per heavy atom. The Morgan fingerprint density at radius 3 is 3.00 bits per heavy atom. The third-order valence-corrected chi connectivity index (χ3v) is 2.86. The fourth-order valence-electron chi connectivity index (χ4n) is 1.83. The number of ketones is 1. The monoisotopic (exact) mass is 243 g/mol. The second kappa shape index (κ2) is 6.15. The molecule has 1 heterocycles. The fourth-order valence-corrected chi connectivity index (χ4v) is 1.83. The molecule has 0 amide bonds. The van der Waals surface area contributed by atoms with Crippen LogP contribution in [0.15, 0.2) is 36.5 Å². The second-order valence-corrected chi connectivity index (χ2v) is 4.17. The first-order chi connectivity index (χ1) is 8.81. The fraction of sp³-hybridized carbons (Fsp3) is 0.333. The lowest BCUT2D eigenvalue weighted by Crippen LogP contribution is -2.02. The highest BCUT2D eigenvalue weighted by Gasteiger charge is 2.03. The first-order valence-corrected chi connectivity index (χ1v) is 6.29. The van der Waals surface area contributed by atoms with Gasteiger partial charge in [0.2, 0.25) is 0 Å². The Balaban J connectivity index is 1.97. The van der Waals surface area contributed by atoms with Gasteiger partial charge >= 0.3 is 0 Å². The summed E-state index contributed by atoms with van der Waals surface area (Å²) in [4.78, 5) is 15.4. The van der Waals surface area contributed by atoms with Crippen molar-refractivity contribution in [3.05, 3.63) is 36.5 Å². The molecule has 0 saturated carbocycles. The Kier molecular flexibility index (Phi) is 4.29. The average Bonchev–Trinajstić information content (AvgIpc) is 2.43. The quantitative estimate of drug-likeness (QED) is 0.730. The molecule has 3 nitrogen and oxygen atoms in total. The van der Waals surface area contributed by atoms with Gasteiger partial charge in [-0.1, -0.05) is 13.0 Å². The minimum atomic E-state index is 0.290.